The molecule has 0 amide bonds. The average molecular weight is 125 g/mol. The van der Waals surface area contributed by atoms with Crippen LogP contribution in [0.25, 0.3) is 0 Å². The first-order chi connectivity index (χ1) is 4.45. The maximum atomic E-state index is 3.31. The predicted octanol–water partition coefficient (Wildman–Crippen LogP) is 1.40. The largest absolute Gasteiger partial charge is 0.316 e. The number of nitrogens with one attached hydrogen (secondary N) is 1. The molecule has 1 N–H and O–H groups in total. The average Bonchev–Trinajstić information content (AvgIpc) is 2.44. The van der Waals surface area contributed by atoms with Crippen molar-refractivity contribution in [2.24, 2.45) is 11.8 Å². The Labute approximate surface area is 56.8 Å². The maximum absolute atomic E-state index is 3.31. The summed E-state index contributed by atoms with van der Waals surface area (Å²) in [6.07, 6.45) is 6.07. The molecule has 1 heterocycles. The van der Waals surface area contributed by atoms with Crippen molar-refractivity contribution in [3.8, 4) is 0 Å². The van der Waals surface area contributed by atoms with Gasteiger partial charge in [-0.3, -0.25) is 0 Å². The number of hydrogen-bond donors (Lipinski definition) is 1. The Morgan fingerprint density at radius 2 is 1.67 bits per heavy atom. The van der Waals surface area contributed by atoms with Crippen LogP contribution in [0.3, 0.4) is 0 Å². The van der Waals surface area contributed by atoms with Crippen LogP contribution in [0.1, 0.15) is 25.7 Å². The zero-order valence-corrected chi connectivity index (χ0v) is 5.90. The lowest BCUT2D eigenvalue weighted by atomic mass is 9.96. The summed E-state index contributed by atoms with van der Waals surface area (Å²) >= 11 is 0. The second-order valence-electron chi connectivity index (χ2n) is 3.54. The minimum Gasteiger partial charge on any atom is -0.316 e. The topological polar surface area (TPSA) is 12.0 Å². The molecular weight excluding hydrogens is 110 g/mol. The third-order valence-electron chi connectivity index (χ3n) is 2.55. The Balaban J connectivity index is 1.55. The summed E-state index contributed by atoms with van der Waals surface area (Å²) in [6, 6.07) is 0. The van der Waals surface area contributed by atoms with E-state index >= 15 is 0 Å². The van der Waals surface area contributed by atoms with E-state index in [0.29, 0.717) is 0 Å². The van der Waals surface area contributed by atoms with Gasteiger partial charge in [0.25, 0.3) is 0 Å². The second kappa shape index (κ2) is 2.30. The summed E-state index contributed by atoms with van der Waals surface area (Å²) in [5.74, 6) is 2.19. The zero-order valence-electron chi connectivity index (χ0n) is 5.90. The van der Waals surface area contributed by atoms with Gasteiger partial charge in [0.15, 0.2) is 0 Å². The molecule has 1 nitrogen and oxygen atoms in total. The van der Waals surface area contributed by atoms with Gasteiger partial charge in [0.05, 0.1) is 0 Å². The van der Waals surface area contributed by atoms with Gasteiger partial charge >= 0.3 is 0 Å². The van der Waals surface area contributed by atoms with Crippen LogP contribution in [-0.2, 0) is 0 Å². The normalized spacial score (nSPS) is 28.0. The molecule has 1 heteroatoms. The third-order valence-corrected chi connectivity index (χ3v) is 2.55. The summed E-state index contributed by atoms with van der Waals surface area (Å²) in [7, 11) is 0. The molecule has 2 aliphatic rings. The second-order valence-corrected chi connectivity index (χ2v) is 3.54. The Morgan fingerprint density at radius 3 is 2.11 bits per heavy atom. The highest BCUT2D eigenvalue weighted by molar-refractivity contribution is 4.79. The van der Waals surface area contributed by atoms with Crippen molar-refractivity contribution in [2.45, 2.75) is 25.7 Å². The Hall–Kier alpha value is -0.0400. The van der Waals surface area contributed by atoms with E-state index < -0.39 is 0 Å². The van der Waals surface area contributed by atoms with Crippen LogP contribution in [0.2, 0.25) is 0 Å². The summed E-state index contributed by atoms with van der Waals surface area (Å²) in [5.41, 5.74) is 0. The molecule has 1 aliphatic heterocycles. The third kappa shape index (κ3) is 1.45. The Bertz CT molecular complexity index is 92.7. The molecule has 0 aromatic rings. The van der Waals surface area contributed by atoms with E-state index in [9.17, 15) is 0 Å². The highest BCUT2D eigenvalue weighted by Gasteiger charge is 2.24. The molecule has 0 bridgehead atoms. The highest BCUT2D eigenvalue weighted by atomic mass is 14.9. The molecule has 52 valence electrons. The number of hydrogen-bond acceptors (Lipinski definition) is 1. The lowest BCUT2D eigenvalue weighted by Crippen LogP contribution is -2.41. The van der Waals surface area contributed by atoms with Crippen molar-refractivity contribution < 1.29 is 0 Å². The van der Waals surface area contributed by atoms with Gasteiger partial charge in [0.2, 0.25) is 0 Å². The van der Waals surface area contributed by atoms with Gasteiger partial charge in [-0.05, 0) is 31.3 Å². The molecule has 0 unspecified atom stereocenters. The van der Waals surface area contributed by atoms with Crippen LogP contribution >= 0.6 is 0 Å². The summed E-state index contributed by atoms with van der Waals surface area (Å²) < 4.78 is 0. The first kappa shape index (κ1) is 5.72. The van der Waals surface area contributed by atoms with E-state index in [1.165, 1.54) is 38.8 Å². The van der Waals surface area contributed by atoms with Gasteiger partial charge in [0.1, 0.15) is 0 Å². The summed E-state index contributed by atoms with van der Waals surface area (Å²) in [6.45, 7) is 2.60. The van der Waals surface area contributed by atoms with Gasteiger partial charge in [-0.25, -0.2) is 0 Å². The summed E-state index contributed by atoms with van der Waals surface area (Å²) in [5, 5.41) is 3.31. The van der Waals surface area contributed by atoms with Crippen LogP contribution in [0, 0.1) is 11.8 Å². The molecular formula is C8H15N. The van der Waals surface area contributed by atoms with Gasteiger partial charge in [-0.1, -0.05) is 19.3 Å². The molecule has 2 rings (SSSR count). The van der Waals surface area contributed by atoms with Gasteiger partial charge in [0, 0.05) is 0 Å². The fourth-order valence-corrected chi connectivity index (χ4v) is 1.43. The van der Waals surface area contributed by atoms with Crippen molar-refractivity contribution in [1.82, 2.24) is 5.32 Å². The molecule has 0 spiro atoms. The van der Waals surface area contributed by atoms with Crippen LogP contribution < -0.4 is 5.32 Å². The van der Waals surface area contributed by atoms with E-state index in [1.807, 2.05) is 0 Å². The molecule has 0 radical (unpaired) electrons. The SMILES string of the molecule is C1CC1CCC1CNC1. The van der Waals surface area contributed by atoms with Crippen molar-refractivity contribution in [1.29, 1.82) is 0 Å². The summed E-state index contributed by atoms with van der Waals surface area (Å²) in [4.78, 5) is 0. The standard InChI is InChI=1S/C8H15N/c1-2-7(1)3-4-8-5-9-6-8/h7-9H,1-6H2. The fraction of sp³-hybridized carbons (Fsp3) is 1.00. The molecule has 1 saturated carbocycles. The van der Waals surface area contributed by atoms with Crippen LogP contribution in [0.15, 0.2) is 0 Å². The fourth-order valence-electron chi connectivity index (χ4n) is 1.43. The first-order valence-electron chi connectivity index (χ1n) is 4.16. The van der Waals surface area contributed by atoms with Gasteiger partial charge < -0.3 is 5.32 Å². The Morgan fingerprint density at radius 1 is 1.00 bits per heavy atom. The smallest absolute Gasteiger partial charge is 0.000825 e. The lowest BCUT2D eigenvalue weighted by Gasteiger charge is -2.26. The molecule has 2 fully saturated rings. The lowest BCUT2D eigenvalue weighted by molar-refractivity contribution is 0.315. The monoisotopic (exact) mass is 125 g/mol. The quantitative estimate of drug-likeness (QED) is 0.601. The van der Waals surface area contributed by atoms with E-state index in [2.05, 4.69) is 5.32 Å². The maximum Gasteiger partial charge on any atom is -0.000825 e. The Kier molecular flexibility index (Phi) is 1.46. The minimum absolute atomic E-state index is 1.05. The van der Waals surface area contributed by atoms with Crippen LogP contribution in [0.5, 0.6) is 0 Å². The first-order valence-corrected chi connectivity index (χ1v) is 4.16. The van der Waals surface area contributed by atoms with Gasteiger partial charge in [-0.2, -0.15) is 0 Å². The zero-order chi connectivity index (χ0) is 6.10. The molecule has 1 aliphatic carbocycles. The van der Waals surface area contributed by atoms with E-state index in [0.717, 1.165) is 11.8 Å². The van der Waals surface area contributed by atoms with Crippen molar-refractivity contribution in [3.05, 3.63) is 0 Å². The van der Waals surface area contributed by atoms with Crippen LogP contribution in [-0.4, -0.2) is 13.1 Å². The molecule has 0 aromatic heterocycles. The highest BCUT2D eigenvalue weighted by Crippen LogP contribution is 2.34. The molecule has 0 aromatic carbocycles. The molecule has 0 atom stereocenters. The van der Waals surface area contributed by atoms with Crippen molar-refractivity contribution in [2.75, 3.05) is 13.1 Å². The predicted molar refractivity (Wildman–Crippen MR) is 38.3 cm³/mol. The van der Waals surface area contributed by atoms with Gasteiger partial charge in [-0.15, -0.1) is 0 Å². The van der Waals surface area contributed by atoms with E-state index in [1.54, 1.807) is 0 Å². The molecule has 1 saturated heterocycles. The van der Waals surface area contributed by atoms with E-state index in [4.69, 9.17) is 0 Å². The number of rotatable bonds is 3. The molecule has 9 heavy (non-hydrogen) atoms. The van der Waals surface area contributed by atoms with Crippen molar-refractivity contribution >= 4 is 0 Å². The van der Waals surface area contributed by atoms with Crippen LogP contribution in [0.4, 0.5) is 0 Å². The minimum atomic E-state index is 1.05. The van der Waals surface area contributed by atoms with Crippen molar-refractivity contribution in [3.63, 3.8) is 0 Å². The van der Waals surface area contributed by atoms with E-state index in [-0.39, 0.29) is 0 Å².